The van der Waals surface area contributed by atoms with Crippen molar-refractivity contribution >= 4 is 0 Å². The third-order valence-corrected chi connectivity index (χ3v) is 4.02. The Hall–Kier alpha value is -1.87. The maximum atomic E-state index is 12.9. The van der Waals surface area contributed by atoms with Crippen LogP contribution in [0.2, 0.25) is 0 Å². The Kier molecular flexibility index (Phi) is 4.20. The SMILES string of the molecule is OC(Cc1ccc(F)cc1)CC1CCOc2ccccc21. The second-order valence-electron chi connectivity index (χ2n) is 5.59. The predicted octanol–water partition coefficient (Wildman–Crippen LogP) is 3.69. The Labute approximate surface area is 124 Å². The second kappa shape index (κ2) is 6.27. The largest absolute Gasteiger partial charge is 0.493 e. The van der Waals surface area contributed by atoms with Crippen LogP contribution >= 0.6 is 0 Å². The third kappa shape index (κ3) is 3.42. The monoisotopic (exact) mass is 286 g/mol. The molecular weight excluding hydrogens is 267 g/mol. The summed E-state index contributed by atoms with van der Waals surface area (Å²) in [6, 6.07) is 14.4. The summed E-state index contributed by atoms with van der Waals surface area (Å²) in [7, 11) is 0. The van der Waals surface area contributed by atoms with Gasteiger partial charge >= 0.3 is 0 Å². The van der Waals surface area contributed by atoms with Gasteiger partial charge in [0, 0.05) is 0 Å². The fourth-order valence-electron chi connectivity index (χ4n) is 2.97. The number of benzene rings is 2. The van der Waals surface area contributed by atoms with Crippen LogP contribution in [-0.2, 0) is 6.42 Å². The topological polar surface area (TPSA) is 29.5 Å². The van der Waals surface area contributed by atoms with Crippen LogP contribution in [0.1, 0.15) is 29.9 Å². The number of aliphatic hydroxyl groups excluding tert-OH is 1. The molecule has 0 saturated carbocycles. The Balaban J connectivity index is 1.65. The molecule has 0 saturated heterocycles. The van der Waals surface area contributed by atoms with Crippen LogP contribution in [0.15, 0.2) is 48.5 Å². The van der Waals surface area contributed by atoms with Gasteiger partial charge in [-0.25, -0.2) is 4.39 Å². The van der Waals surface area contributed by atoms with E-state index in [9.17, 15) is 9.50 Å². The number of halogens is 1. The molecule has 2 nitrogen and oxygen atoms in total. The zero-order chi connectivity index (χ0) is 14.7. The van der Waals surface area contributed by atoms with E-state index in [0.717, 1.165) is 17.7 Å². The van der Waals surface area contributed by atoms with E-state index in [2.05, 4.69) is 6.07 Å². The summed E-state index contributed by atoms with van der Waals surface area (Å²) in [6.45, 7) is 0.699. The molecule has 2 aromatic carbocycles. The van der Waals surface area contributed by atoms with Gasteiger partial charge in [-0.1, -0.05) is 30.3 Å². The predicted molar refractivity (Wildman–Crippen MR) is 80.0 cm³/mol. The lowest BCUT2D eigenvalue weighted by molar-refractivity contribution is 0.143. The van der Waals surface area contributed by atoms with Crippen LogP contribution in [0.3, 0.4) is 0 Å². The van der Waals surface area contributed by atoms with Gasteiger partial charge in [-0.15, -0.1) is 0 Å². The van der Waals surface area contributed by atoms with Crippen molar-refractivity contribution in [3.8, 4) is 5.75 Å². The van der Waals surface area contributed by atoms with Gasteiger partial charge in [0.25, 0.3) is 0 Å². The lowest BCUT2D eigenvalue weighted by atomic mass is 9.87. The van der Waals surface area contributed by atoms with Gasteiger partial charge < -0.3 is 9.84 Å². The van der Waals surface area contributed by atoms with Crippen LogP contribution in [-0.4, -0.2) is 17.8 Å². The first-order valence-electron chi connectivity index (χ1n) is 7.36. The van der Waals surface area contributed by atoms with E-state index >= 15 is 0 Å². The Morgan fingerprint density at radius 2 is 1.90 bits per heavy atom. The molecule has 2 aromatic rings. The third-order valence-electron chi connectivity index (χ3n) is 4.02. The van der Waals surface area contributed by atoms with Crippen molar-refractivity contribution in [1.29, 1.82) is 0 Å². The van der Waals surface area contributed by atoms with E-state index in [1.54, 1.807) is 12.1 Å². The summed E-state index contributed by atoms with van der Waals surface area (Å²) in [5.74, 6) is 1.01. The lowest BCUT2D eigenvalue weighted by Crippen LogP contribution is -2.20. The van der Waals surface area contributed by atoms with Gasteiger partial charge in [-0.2, -0.15) is 0 Å². The first kappa shape index (κ1) is 14.1. The normalized spacial score (nSPS) is 18.7. The minimum absolute atomic E-state index is 0.244. The number of aliphatic hydroxyl groups is 1. The lowest BCUT2D eigenvalue weighted by Gasteiger charge is -2.27. The van der Waals surface area contributed by atoms with E-state index in [1.165, 1.54) is 17.7 Å². The number of ether oxygens (including phenoxy) is 1. The molecule has 3 rings (SSSR count). The highest BCUT2D eigenvalue weighted by atomic mass is 19.1. The molecule has 1 N–H and O–H groups in total. The van der Waals surface area contributed by atoms with Gasteiger partial charge in [0.05, 0.1) is 12.7 Å². The minimum atomic E-state index is -0.424. The highest BCUT2D eigenvalue weighted by Gasteiger charge is 2.23. The van der Waals surface area contributed by atoms with E-state index < -0.39 is 6.10 Å². The van der Waals surface area contributed by atoms with Crippen molar-refractivity contribution in [3.63, 3.8) is 0 Å². The van der Waals surface area contributed by atoms with Crippen molar-refractivity contribution in [2.75, 3.05) is 6.61 Å². The average molecular weight is 286 g/mol. The zero-order valence-electron chi connectivity index (χ0n) is 11.8. The molecule has 0 aromatic heterocycles. The van der Waals surface area contributed by atoms with Crippen LogP contribution in [0, 0.1) is 5.82 Å². The van der Waals surface area contributed by atoms with Crippen molar-refractivity contribution in [2.24, 2.45) is 0 Å². The summed E-state index contributed by atoms with van der Waals surface area (Å²) in [4.78, 5) is 0. The summed E-state index contributed by atoms with van der Waals surface area (Å²) in [5, 5.41) is 10.3. The Morgan fingerprint density at radius 3 is 2.71 bits per heavy atom. The van der Waals surface area contributed by atoms with Crippen LogP contribution < -0.4 is 4.74 Å². The molecule has 3 heteroatoms. The fraction of sp³-hybridized carbons (Fsp3) is 0.333. The molecule has 0 radical (unpaired) electrons. The highest BCUT2D eigenvalue weighted by molar-refractivity contribution is 5.37. The molecule has 1 heterocycles. The average Bonchev–Trinajstić information content (AvgIpc) is 2.50. The summed E-state index contributed by atoms with van der Waals surface area (Å²) >= 11 is 0. The van der Waals surface area contributed by atoms with Crippen LogP contribution in [0.4, 0.5) is 4.39 Å². The van der Waals surface area contributed by atoms with Gasteiger partial charge in [-0.3, -0.25) is 0 Å². The molecule has 1 aliphatic heterocycles. The maximum Gasteiger partial charge on any atom is 0.123 e. The smallest absolute Gasteiger partial charge is 0.123 e. The summed E-state index contributed by atoms with van der Waals surface area (Å²) < 4.78 is 18.5. The molecule has 2 atom stereocenters. The van der Waals surface area contributed by atoms with Crippen molar-refractivity contribution < 1.29 is 14.2 Å². The second-order valence-corrected chi connectivity index (χ2v) is 5.59. The molecular formula is C18H19FO2. The van der Waals surface area contributed by atoms with Crippen molar-refractivity contribution in [2.45, 2.75) is 31.3 Å². The molecule has 21 heavy (non-hydrogen) atoms. The zero-order valence-corrected chi connectivity index (χ0v) is 11.8. The minimum Gasteiger partial charge on any atom is -0.493 e. The number of rotatable bonds is 4. The number of hydrogen-bond donors (Lipinski definition) is 1. The molecule has 0 amide bonds. The molecule has 0 spiro atoms. The number of hydrogen-bond acceptors (Lipinski definition) is 2. The quantitative estimate of drug-likeness (QED) is 0.929. The fourth-order valence-corrected chi connectivity index (χ4v) is 2.97. The van der Waals surface area contributed by atoms with Crippen LogP contribution in [0.25, 0.3) is 0 Å². The van der Waals surface area contributed by atoms with Crippen LogP contribution in [0.5, 0.6) is 5.75 Å². The Morgan fingerprint density at radius 1 is 1.14 bits per heavy atom. The maximum absolute atomic E-state index is 12.9. The molecule has 2 unspecified atom stereocenters. The van der Waals surface area contributed by atoms with E-state index in [1.807, 2.05) is 18.2 Å². The van der Waals surface area contributed by atoms with Gasteiger partial charge in [0.1, 0.15) is 11.6 Å². The van der Waals surface area contributed by atoms with Crippen molar-refractivity contribution in [1.82, 2.24) is 0 Å². The molecule has 1 aliphatic rings. The molecule has 0 aliphatic carbocycles. The molecule has 0 fully saturated rings. The van der Waals surface area contributed by atoms with E-state index in [0.29, 0.717) is 25.4 Å². The summed E-state index contributed by atoms with van der Waals surface area (Å²) in [6.07, 6.45) is 1.77. The van der Waals surface area contributed by atoms with E-state index in [-0.39, 0.29) is 5.82 Å². The Bertz CT molecular complexity index is 594. The highest BCUT2D eigenvalue weighted by Crippen LogP contribution is 2.36. The number of fused-ring (bicyclic) bond motifs is 1. The first-order valence-corrected chi connectivity index (χ1v) is 7.36. The summed E-state index contributed by atoms with van der Waals surface area (Å²) in [5.41, 5.74) is 2.14. The van der Waals surface area contributed by atoms with E-state index in [4.69, 9.17) is 4.74 Å². The van der Waals surface area contributed by atoms with Gasteiger partial charge in [0.15, 0.2) is 0 Å². The number of para-hydroxylation sites is 1. The molecule has 110 valence electrons. The first-order chi connectivity index (χ1) is 10.2. The molecule has 0 bridgehead atoms. The van der Waals surface area contributed by atoms with Crippen molar-refractivity contribution in [3.05, 3.63) is 65.5 Å². The van der Waals surface area contributed by atoms with Gasteiger partial charge in [0.2, 0.25) is 0 Å². The van der Waals surface area contributed by atoms with Gasteiger partial charge in [-0.05, 0) is 54.5 Å². The standard InChI is InChI=1S/C18H19FO2/c19-15-7-5-13(6-8-15)11-16(20)12-14-9-10-21-18-4-2-1-3-17(14)18/h1-8,14,16,20H,9-12H2.